The van der Waals surface area contributed by atoms with Crippen LogP contribution in [0.4, 0.5) is 0 Å². The number of nitrogens with zero attached hydrogens (tertiary/aromatic N) is 1. The summed E-state index contributed by atoms with van der Waals surface area (Å²) in [7, 11) is 0. The second-order valence-corrected chi connectivity index (χ2v) is 2.05. The van der Waals surface area contributed by atoms with Gasteiger partial charge in [0.15, 0.2) is 0 Å². The van der Waals surface area contributed by atoms with Crippen molar-refractivity contribution < 1.29 is 9.90 Å². The predicted octanol–water partition coefficient (Wildman–Crippen LogP) is 0.660. The summed E-state index contributed by atoms with van der Waals surface area (Å²) in [6.45, 7) is 0.265. The van der Waals surface area contributed by atoms with Crippen LogP contribution in [-0.4, -0.2) is 16.1 Å². The first-order valence-electron chi connectivity index (χ1n) is 3.12. The Morgan fingerprint density at radius 3 is 2.83 bits per heavy atom. The van der Waals surface area contributed by atoms with Crippen molar-refractivity contribution in [3.8, 4) is 0 Å². The number of aromatic nitrogens is 1. The van der Waals surface area contributed by atoms with Gasteiger partial charge in [0.05, 0.1) is 11.3 Å². The van der Waals surface area contributed by atoms with Crippen LogP contribution in [0.5, 0.6) is 0 Å². The minimum Gasteiger partial charge on any atom is -0.478 e. The van der Waals surface area contributed by atoms with Gasteiger partial charge < -0.3 is 10.8 Å². The van der Waals surface area contributed by atoms with Crippen molar-refractivity contribution in [3.63, 3.8) is 0 Å². The van der Waals surface area contributed by atoms with E-state index in [1.54, 1.807) is 0 Å². The van der Waals surface area contributed by atoms with Crippen LogP contribution in [0.1, 0.15) is 16.1 Å². The number of pyridine rings is 1. The van der Waals surface area contributed by atoms with Gasteiger partial charge >= 0.3 is 5.97 Å². The first-order chi connectivity index (χ1) is 5.24. The quantitative estimate of drug-likeness (QED) is 0.715. The molecule has 0 aromatic carbocycles. The largest absolute Gasteiger partial charge is 0.478 e. The van der Waals surface area contributed by atoms with Gasteiger partial charge in [0, 0.05) is 12.7 Å². The van der Waals surface area contributed by atoms with Crippen molar-refractivity contribution in [2.24, 2.45) is 5.73 Å². The van der Waals surface area contributed by atoms with Crippen LogP contribution >= 0.6 is 12.4 Å². The van der Waals surface area contributed by atoms with E-state index in [2.05, 4.69) is 4.98 Å². The third-order valence-electron chi connectivity index (χ3n) is 1.27. The molecule has 66 valence electrons. The molecule has 0 aliphatic rings. The summed E-state index contributed by atoms with van der Waals surface area (Å²) >= 11 is 0. The van der Waals surface area contributed by atoms with Crippen molar-refractivity contribution in [1.29, 1.82) is 0 Å². The Labute approximate surface area is 75.8 Å². The van der Waals surface area contributed by atoms with Crippen LogP contribution in [0, 0.1) is 0 Å². The van der Waals surface area contributed by atoms with Crippen molar-refractivity contribution >= 4 is 18.4 Å². The van der Waals surface area contributed by atoms with Crippen molar-refractivity contribution in [1.82, 2.24) is 4.98 Å². The monoisotopic (exact) mass is 188 g/mol. The zero-order chi connectivity index (χ0) is 8.27. The molecule has 1 aromatic heterocycles. The summed E-state index contributed by atoms with van der Waals surface area (Å²) in [5.41, 5.74) is 6.07. The third kappa shape index (κ3) is 2.48. The number of rotatable bonds is 2. The molecule has 0 spiro atoms. The van der Waals surface area contributed by atoms with Crippen LogP contribution in [0.15, 0.2) is 18.3 Å². The summed E-state index contributed by atoms with van der Waals surface area (Å²) in [5.74, 6) is -0.956. The lowest BCUT2D eigenvalue weighted by atomic mass is 10.2. The molecule has 4 nitrogen and oxygen atoms in total. The molecular weight excluding hydrogens is 180 g/mol. The fourth-order valence-corrected chi connectivity index (χ4v) is 0.723. The van der Waals surface area contributed by atoms with E-state index in [0.717, 1.165) is 0 Å². The van der Waals surface area contributed by atoms with Crippen LogP contribution in [0.3, 0.4) is 0 Å². The maximum absolute atomic E-state index is 10.4. The number of nitrogens with two attached hydrogens (primary N) is 1. The number of hydrogen-bond donors (Lipinski definition) is 2. The van der Waals surface area contributed by atoms with E-state index >= 15 is 0 Å². The first-order valence-corrected chi connectivity index (χ1v) is 3.12. The minimum atomic E-state index is -0.956. The van der Waals surface area contributed by atoms with E-state index in [1.165, 1.54) is 18.3 Å². The van der Waals surface area contributed by atoms with Gasteiger partial charge in [-0.05, 0) is 12.1 Å². The molecule has 0 fully saturated rings. The highest BCUT2D eigenvalue weighted by Crippen LogP contribution is 2.00. The van der Waals surface area contributed by atoms with Crippen LogP contribution in [-0.2, 0) is 6.54 Å². The average molecular weight is 189 g/mol. The Bertz CT molecular complexity index is 278. The smallest absolute Gasteiger partial charge is 0.335 e. The van der Waals surface area contributed by atoms with Gasteiger partial charge in [-0.1, -0.05) is 0 Å². The molecule has 3 N–H and O–H groups in total. The molecule has 0 saturated carbocycles. The Balaban J connectivity index is 0.00000121. The van der Waals surface area contributed by atoms with Crippen molar-refractivity contribution in [2.75, 3.05) is 0 Å². The average Bonchev–Trinajstić information content (AvgIpc) is 2.05. The molecule has 0 atom stereocenters. The fraction of sp³-hybridized carbons (Fsp3) is 0.143. The fourth-order valence-electron chi connectivity index (χ4n) is 0.723. The van der Waals surface area contributed by atoms with Gasteiger partial charge in [-0.15, -0.1) is 12.4 Å². The van der Waals surface area contributed by atoms with Crippen molar-refractivity contribution in [2.45, 2.75) is 6.54 Å². The number of halogens is 1. The van der Waals surface area contributed by atoms with E-state index in [-0.39, 0.29) is 24.5 Å². The van der Waals surface area contributed by atoms with Crippen LogP contribution in [0.25, 0.3) is 0 Å². The zero-order valence-electron chi connectivity index (χ0n) is 6.23. The molecule has 1 heterocycles. The van der Waals surface area contributed by atoms with Crippen LogP contribution in [0.2, 0.25) is 0 Å². The van der Waals surface area contributed by atoms with Gasteiger partial charge in [0.25, 0.3) is 0 Å². The number of carboxylic acids is 1. The maximum Gasteiger partial charge on any atom is 0.335 e. The first kappa shape index (κ1) is 10.9. The topological polar surface area (TPSA) is 76.2 Å². The Morgan fingerprint density at radius 1 is 1.67 bits per heavy atom. The van der Waals surface area contributed by atoms with Gasteiger partial charge in [0.2, 0.25) is 0 Å². The molecule has 5 heteroatoms. The molecule has 12 heavy (non-hydrogen) atoms. The lowest BCUT2D eigenvalue weighted by Crippen LogP contribution is -2.03. The van der Waals surface area contributed by atoms with E-state index in [0.29, 0.717) is 5.69 Å². The van der Waals surface area contributed by atoms with Gasteiger partial charge in [-0.25, -0.2) is 4.79 Å². The Hall–Kier alpha value is -1.13. The SMILES string of the molecule is Cl.NCc1cc(C(=O)O)ccn1. The second-order valence-electron chi connectivity index (χ2n) is 2.05. The summed E-state index contributed by atoms with van der Waals surface area (Å²) in [6.07, 6.45) is 1.44. The summed E-state index contributed by atoms with van der Waals surface area (Å²) < 4.78 is 0. The predicted molar refractivity (Wildman–Crippen MR) is 46.3 cm³/mol. The zero-order valence-corrected chi connectivity index (χ0v) is 7.04. The van der Waals surface area contributed by atoms with Crippen LogP contribution < -0.4 is 5.73 Å². The van der Waals surface area contributed by atoms with Crippen molar-refractivity contribution in [3.05, 3.63) is 29.6 Å². The molecule has 0 saturated heterocycles. The van der Waals surface area contributed by atoms with Gasteiger partial charge in [-0.2, -0.15) is 0 Å². The number of carboxylic acid groups (broad SMARTS) is 1. The molecule has 0 aliphatic heterocycles. The van der Waals surface area contributed by atoms with E-state index < -0.39 is 5.97 Å². The number of aromatic carboxylic acids is 1. The maximum atomic E-state index is 10.4. The highest BCUT2D eigenvalue weighted by molar-refractivity contribution is 5.87. The molecule has 0 aliphatic carbocycles. The Kier molecular flexibility index (Phi) is 4.25. The lowest BCUT2D eigenvalue weighted by Gasteiger charge is -1.96. The second kappa shape index (κ2) is 4.69. The molecule has 0 unspecified atom stereocenters. The number of hydrogen-bond acceptors (Lipinski definition) is 3. The molecular formula is C7H9ClN2O2. The lowest BCUT2D eigenvalue weighted by molar-refractivity contribution is 0.0696. The summed E-state index contributed by atoms with van der Waals surface area (Å²) in [6, 6.07) is 2.89. The summed E-state index contributed by atoms with van der Waals surface area (Å²) in [4.78, 5) is 14.3. The van der Waals surface area contributed by atoms with Gasteiger partial charge in [-0.3, -0.25) is 4.98 Å². The summed E-state index contributed by atoms with van der Waals surface area (Å²) in [5, 5.41) is 8.54. The molecule has 1 rings (SSSR count). The van der Waals surface area contributed by atoms with E-state index in [9.17, 15) is 4.79 Å². The third-order valence-corrected chi connectivity index (χ3v) is 1.27. The highest BCUT2D eigenvalue weighted by atomic mass is 35.5. The van der Waals surface area contributed by atoms with Gasteiger partial charge in [0.1, 0.15) is 0 Å². The Morgan fingerprint density at radius 2 is 2.33 bits per heavy atom. The number of carbonyl (C=O) groups is 1. The van der Waals surface area contributed by atoms with E-state index in [4.69, 9.17) is 10.8 Å². The normalized spacial score (nSPS) is 8.75. The highest BCUT2D eigenvalue weighted by Gasteiger charge is 2.01. The van der Waals surface area contributed by atoms with E-state index in [1.807, 2.05) is 0 Å². The molecule has 0 bridgehead atoms. The molecule has 0 radical (unpaired) electrons. The standard InChI is InChI=1S/C7H8N2O2.ClH/c8-4-6-3-5(7(10)11)1-2-9-6;/h1-3H,4,8H2,(H,10,11);1H. The molecule has 0 amide bonds. The molecule has 1 aromatic rings. The minimum absolute atomic E-state index is 0.